The lowest BCUT2D eigenvalue weighted by molar-refractivity contribution is -0.387. The molecule has 0 spiro atoms. The minimum absolute atomic E-state index is 0.0932. The minimum atomic E-state index is -0.942. The maximum atomic E-state index is 10.7. The zero-order valence-electron chi connectivity index (χ0n) is 7.69. The van der Waals surface area contributed by atoms with Gasteiger partial charge in [0.15, 0.2) is 0 Å². The first-order chi connectivity index (χ1) is 6.45. The second-order valence-corrected chi connectivity index (χ2v) is 3.75. The summed E-state index contributed by atoms with van der Waals surface area (Å²) < 4.78 is 0.564. The number of aliphatic hydroxyl groups excluding tert-OH is 1. The molecular weight excluding hydrogens is 252 g/mol. The van der Waals surface area contributed by atoms with E-state index in [1.165, 1.54) is 13.1 Å². The molecule has 0 saturated carbocycles. The predicted octanol–water partition coefficient (Wildman–Crippen LogP) is 2.11. The van der Waals surface area contributed by atoms with Crippen LogP contribution in [-0.4, -0.2) is 15.0 Å². The molecule has 1 unspecified atom stereocenters. The first kappa shape index (κ1) is 11.1. The summed E-state index contributed by atoms with van der Waals surface area (Å²) in [6.07, 6.45) is 0.506. The van der Waals surface area contributed by atoms with Gasteiger partial charge in [0.05, 0.1) is 4.92 Å². The van der Waals surface area contributed by atoms with Gasteiger partial charge in [0, 0.05) is 16.2 Å². The second-order valence-electron chi connectivity index (χ2n) is 2.90. The van der Waals surface area contributed by atoms with Gasteiger partial charge >= 0.3 is 0 Å². The van der Waals surface area contributed by atoms with Crippen LogP contribution in [0.4, 0.5) is 5.69 Å². The zero-order chi connectivity index (χ0) is 10.9. The minimum Gasteiger partial charge on any atom is -0.387 e. The average molecular weight is 261 g/mol. The summed E-state index contributed by atoms with van der Waals surface area (Å²) in [7, 11) is 0. The van der Waals surface area contributed by atoms with Crippen molar-refractivity contribution in [2.75, 3.05) is 0 Å². The van der Waals surface area contributed by atoms with Crippen LogP contribution < -0.4 is 0 Å². The third-order valence-corrected chi connectivity index (χ3v) is 2.65. The fraction of sp³-hybridized carbons (Fsp3) is 0.375. The summed E-state index contributed by atoms with van der Waals surface area (Å²) in [5.41, 5.74) is 0.436. The summed E-state index contributed by atoms with van der Waals surface area (Å²) in [5.74, 6) is 0. The number of hydrogen-bond acceptors (Lipinski definition) is 4. The van der Waals surface area contributed by atoms with E-state index in [0.29, 0.717) is 10.0 Å². The molecular formula is C8H9BrN2O3. The molecule has 0 bridgehead atoms. The largest absolute Gasteiger partial charge is 0.387 e. The van der Waals surface area contributed by atoms with E-state index in [1.807, 2.05) is 0 Å². The highest BCUT2D eigenvalue weighted by Crippen LogP contribution is 2.30. The molecule has 1 aromatic rings. The number of aliphatic hydroxyl groups is 1. The molecule has 6 heteroatoms. The molecule has 1 N–H and O–H groups in total. The van der Waals surface area contributed by atoms with Gasteiger partial charge in [-0.05, 0) is 29.8 Å². The van der Waals surface area contributed by atoms with E-state index in [0.717, 1.165) is 0 Å². The highest BCUT2D eigenvalue weighted by Gasteiger charge is 2.23. The first-order valence-corrected chi connectivity index (χ1v) is 4.72. The summed E-state index contributed by atoms with van der Waals surface area (Å²) >= 11 is 3.15. The van der Waals surface area contributed by atoms with Gasteiger partial charge in [-0.25, -0.2) is 0 Å². The monoisotopic (exact) mass is 260 g/mol. The average Bonchev–Trinajstić information content (AvgIpc) is 2.08. The number of hydrogen-bond donors (Lipinski definition) is 1. The lowest BCUT2D eigenvalue weighted by atomic mass is 10.1. The number of rotatable bonds is 2. The Morgan fingerprint density at radius 2 is 2.29 bits per heavy atom. The van der Waals surface area contributed by atoms with Crippen LogP contribution in [0.15, 0.2) is 10.7 Å². The molecule has 0 aromatic carbocycles. The topological polar surface area (TPSA) is 76.3 Å². The lowest BCUT2D eigenvalue weighted by Crippen LogP contribution is -2.04. The highest BCUT2D eigenvalue weighted by molar-refractivity contribution is 9.10. The Hall–Kier alpha value is -1.01. The van der Waals surface area contributed by atoms with Crippen molar-refractivity contribution >= 4 is 21.6 Å². The van der Waals surface area contributed by atoms with E-state index < -0.39 is 11.0 Å². The maximum absolute atomic E-state index is 10.7. The van der Waals surface area contributed by atoms with Crippen LogP contribution in [0.1, 0.15) is 24.3 Å². The molecule has 1 heterocycles. The summed E-state index contributed by atoms with van der Waals surface area (Å²) in [6, 6.07) is 0. The molecule has 0 saturated heterocycles. The third kappa shape index (κ3) is 1.91. The molecule has 0 aliphatic heterocycles. The summed E-state index contributed by atoms with van der Waals surface area (Å²) in [6.45, 7) is 3.05. The van der Waals surface area contributed by atoms with Crippen molar-refractivity contribution < 1.29 is 10.0 Å². The Kier molecular flexibility index (Phi) is 3.17. The van der Waals surface area contributed by atoms with Gasteiger partial charge in [0.25, 0.3) is 5.69 Å². The number of nitro groups is 1. The van der Waals surface area contributed by atoms with Crippen molar-refractivity contribution in [3.05, 3.63) is 32.0 Å². The Morgan fingerprint density at radius 3 is 2.71 bits per heavy atom. The van der Waals surface area contributed by atoms with Crippen LogP contribution in [0.5, 0.6) is 0 Å². The van der Waals surface area contributed by atoms with Crippen molar-refractivity contribution in [1.82, 2.24) is 4.98 Å². The Labute approximate surface area is 89.1 Å². The Balaban J connectivity index is 3.45. The number of nitrogens with zero attached hydrogens (tertiary/aromatic N) is 2. The van der Waals surface area contributed by atoms with E-state index in [9.17, 15) is 15.2 Å². The first-order valence-electron chi connectivity index (χ1n) is 3.92. The molecule has 0 radical (unpaired) electrons. The molecule has 0 aliphatic carbocycles. The molecule has 0 fully saturated rings. The SMILES string of the molecule is Cc1c(Br)cnc(C(C)O)c1[N+](=O)[O-]. The van der Waals surface area contributed by atoms with Gasteiger partial charge < -0.3 is 5.11 Å². The van der Waals surface area contributed by atoms with Gasteiger partial charge in [0.1, 0.15) is 11.8 Å². The third-order valence-electron chi connectivity index (χ3n) is 1.85. The Morgan fingerprint density at radius 1 is 1.71 bits per heavy atom. The summed E-state index contributed by atoms with van der Waals surface area (Å²) in [4.78, 5) is 14.0. The van der Waals surface area contributed by atoms with E-state index in [2.05, 4.69) is 20.9 Å². The molecule has 1 aromatic heterocycles. The van der Waals surface area contributed by atoms with Crippen LogP contribution in [0.3, 0.4) is 0 Å². The van der Waals surface area contributed by atoms with Crippen LogP contribution in [-0.2, 0) is 0 Å². The van der Waals surface area contributed by atoms with Crippen LogP contribution in [0.25, 0.3) is 0 Å². The lowest BCUT2D eigenvalue weighted by Gasteiger charge is -2.07. The van der Waals surface area contributed by atoms with Gasteiger partial charge in [0.2, 0.25) is 0 Å². The van der Waals surface area contributed by atoms with Crippen molar-refractivity contribution in [3.63, 3.8) is 0 Å². The van der Waals surface area contributed by atoms with Gasteiger partial charge in [-0.15, -0.1) is 0 Å². The van der Waals surface area contributed by atoms with Gasteiger partial charge in [-0.2, -0.15) is 0 Å². The van der Waals surface area contributed by atoms with Crippen LogP contribution in [0, 0.1) is 17.0 Å². The highest BCUT2D eigenvalue weighted by atomic mass is 79.9. The Bertz CT molecular complexity index is 379. The number of aromatic nitrogens is 1. The molecule has 5 nitrogen and oxygen atoms in total. The van der Waals surface area contributed by atoms with Crippen molar-refractivity contribution in [2.45, 2.75) is 20.0 Å². The fourth-order valence-corrected chi connectivity index (χ4v) is 1.42. The van der Waals surface area contributed by atoms with E-state index in [-0.39, 0.29) is 11.4 Å². The quantitative estimate of drug-likeness (QED) is 0.653. The fourth-order valence-electron chi connectivity index (χ4n) is 1.13. The van der Waals surface area contributed by atoms with Crippen molar-refractivity contribution in [3.8, 4) is 0 Å². The maximum Gasteiger partial charge on any atom is 0.297 e. The molecule has 0 aliphatic rings. The molecule has 14 heavy (non-hydrogen) atoms. The standard InChI is InChI=1S/C8H9BrN2O3/c1-4-6(9)3-10-7(5(2)12)8(4)11(13)14/h3,5,12H,1-2H3. The smallest absolute Gasteiger partial charge is 0.297 e. The summed E-state index contributed by atoms with van der Waals surface area (Å²) in [5, 5.41) is 20.0. The van der Waals surface area contributed by atoms with Crippen molar-refractivity contribution in [1.29, 1.82) is 0 Å². The van der Waals surface area contributed by atoms with E-state index >= 15 is 0 Å². The number of halogens is 1. The predicted molar refractivity (Wildman–Crippen MR) is 54.0 cm³/mol. The normalized spacial score (nSPS) is 12.6. The van der Waals surface area contributed by atoms with E-state index in [4.69, 9.17) is 0 Å². The molecule has 76 valence electrons. The molecule has 1 rings (SSSR count). The van der Waals surface area contributed by atoms with E-state index in [1.54, 1.807) is 6.92 Å². The van der Waals surface area contributed by atoms with Gasteiger partial charge in [-0.1, -0.05) is 0 Å². The second kappa shape index (κ2) is 4.02. The van der Waals surface area contributed by atoms with Crippen LogP contribution in [0.2, 0.25) is 0 Å². The number of pyridine rings is 1. The molecule has 0 amide bonds. The molecule has 1 atom stereocenters. The van der Waals surface area contributed by atoms with Gasteiger partial charge in [-0.3, -0.25) is 15.1 Å². The zero-order valence-corrected chi connectivity index (χ0v) is 9.28. The van der Waals surface area contributed by atoms with Crippen molar-refractivity contribution in [2.24, 2.45) is 0 Å². The van der Waals surface area contributed by atoms with Crippen LogP contribution >= 0.6 is 15.9 Å².